The number of nitrogen functional groups attached to an aromatic ring is 1. The van der Waals surface area contributed by atoms with Crippen LogP contribution >= 0.6 is 0 Å². The topological polar surface area (TPSA) is 103 Å². The quantitative estimate of drug-likeness (QED) is 0.301. The van der Waals surface area contributed by atoms with Gasteiger partial charge in [0.2, 0.25) is 11.6 Å². The minimum Gasteiger partial charge on any atom is -0.393 e. The van der Waals surface area contributed by atoms with Crippen molar-refractivity contribution in [1.82, 2.24) is 0 Å². The predicted molar refractivity (Wildman–Crippen MR) is 72.6 cm³/mol. The lowest BCUT2D eigenvalue weighted by atomic mass is 10.0. The molecule has 0 bridgehead atoms. The van der Waals surface area contributed by atoms with E-state index in [9.17, 15) is 19.7 Å². The molecule has 0 fully saturated rings. The average molecular weight is 270 g/mol. The lowest BCUT2D eigenvalue weighted by Gasteiger charge is -2.02. The van der Waals surface area contributed by atoms with Crippen molar-refractivity contribution in [2.45, 2.75) is 0 Å². The molecule has 0 saturated carbocycles. The zero-order valence-electron chi connectivity index (χ0n) is 10.3. The van der Waals surface area contributed by atoms with E-state index >= 15 is 0 Å². The Balaban J connectivity index is 2.37. The van der Waals surface area contributed by atoms with Crippen LogP contribution in [-0.4, -0.2) is 16.5 Å². The van der Waals surface area contributed by atoms with Gasteiger partial charge in [0.05, 0.1) is 4.92 Å². The number of ketones is 2. The summed E-state index contributed by atoms with van der Waals surface area (Å²) in [5.74, 6) is -1.52. The molecule has 6 nitrogen and oxygen atoms in total. The number of benzene rings is 2. The summed E-state index contributed by atoms with van der Waals surface area (Å²) in [5, 5.41) is 10.8. The summed E-state index contributed by atoms with van der Waals surface area (Å²) in [6, 6.07) is 11.5. The Morgan fingerprint density at radius 1 is 0.950 bits per heavy atom. The van der Waals surface area contributed by atoms with Crippen LogP contribution in [0.5, 0.6) is 0 Å². The van der Waals surface area contributed by atoms with E-state index in [0.717, 1.165) is 6.07 Å². The number of carbonyl (C=O) groups excluding carboxylic acids is 2. The third kappa shape index (κ3) is 2.54. The fourth-order valence-corrected chi connectivity index (χ4v) is 1.69. The van der Waals surface area contributed by atoms with Crippen molar-refractivity contribution >= 4 is 22.9 Å². The van der Waals surface area contributed by atoms with Crippen LogP contribution in [0.25, 0.3) is 0 Å². The number of nitrogens with zero attached hydrogens (tertiary/aromatic N) is 1. The molecule has 0 atom stereocenters. The highest BCUT2D eigenvalue weighted by Gasteiger charge is 2.21. The van der Waals surface area contributed by atoms with Gasteiger partial charge in [0.1, 0.15) is 5.69 Å². The van der Waals surface area contributed by atoms with Crippen LogP contribution in [0.1, 0.15) is 20.7 Å². The monoisotopic (exact) mass is 270 g/mol. The number of anilines is 1. The van der Waals surface area contributed by atoms with Gasteiger partial charge in [-0.1, -0.05) is 30.3 Å². The van der Waals surface area contributed by atoms with Crippen molar-refractivity contribution in [2.24, 2.45) is 0 Å². The molecule has 0 spiro atoms. The Hall–Kier alpha value is -3.02. The number of hydrogen-bond acceptors (Lipinski definition) is 5. The van der Waals surface area contributed by atoms with Gasteiger partial charge in [-0.25, -0.2) is 0 Å². The van der Waals surface area contributed by atoms with Crippen LogP contribution in [0.15, 0.2) is 48.5 Å². The van der Waals surface area contributed by atoms with Gasteiger partial charge >= 0.3 is 0 Å². The van der Waals surface area contributed by atoms with Crippen molar-refractivity contribution in [1.29, 1.82) is 0 Å². The number of nitrogens with two attached hydrogens (primary N) is 1. The van der Waals surface area contributed by atoms with E-state index in [1.807, 2.05) is 0 Å². The Bertz CT molecular complexity index is 696. The van der Waals surface area contributed by atoms with Gasteiger partial charge in [-0.2, -0.15) is 0 Å². The summed E-state index contributed by atoms with van der Waals surface area (Å²) in [6.45, 7) is 0. The van der Waals surface area contributed by atoms with Crippen LogP contribution in [0, 0.1) is 10.1 Å². The molecular weight excluding hydrogens is 260 g/mol. The molecule has 100 valence electrons. The summed E-state index contributed by atoms with van der Waals surface area (Å²) >= 11 is 0. The molecule has 0 heterocycles. The SMILES string of the molecule is Nc1ccc(C(=O)C(=O)c2ccccc2)cc1[N+](=O)[O-]. The number of carbonyl (C=O) groups is 2. The highest BCUT2D eigenvalue weighted by molar-refractivity contribution is 6.49. The van der Waals surface area contributed by atoms with Crippen LogP contribution in [-0.2, 0) is 0 Å². The molecule has 0 saturated heterocycles. The second-order valence-corrected chi connectivity index (χ2v) is 4.05. The van der Waals surface area contributed by atoms with E-state index in [-0.39, 0.29) is 16.8 Å². The smallest absolute Gasteiger partial charge is 0.292 e. The summed E-state index contributed by atoms with van der Waals surface area (Å²) in [7, 11) is 0. The van der Waals surface area contributed by atoms with Crippen molar-refractivity contribution < 1.29 is 14.5 Å². The number of hydrogen-bond donors (Lipinski definition) is 1. The first-order chi connectivity index (χ1) is 9.50. The molecule has 2 rings (SSSR count). The van der Waals surface area contributed by atoms with E-state index in [1.54, 1.807) is 18.2 Å². The standard InChI is InChI=1S/C14H10N2O4/c15-11-7-6-10(8-12(11)16(19)20)14(18)13(17)9-4-2-1-3-5-9/h1-8H,15H2. The zero-order valence-corrected chi connectivity index (χ0v) is 10.3. The number of nitro groups is 1. The third-order valence-electron chi connectivity index (χ3n) is 2.73. The molecule has 20 heavy (non-hydrogen) atoms. The third-order valence-corrected chi connectivity index (χ3v) is 2.73. The summed E-state index contributed by atoms with van der Waals surface area (Å²) in [5.41, 5.74) is 5.17. The van der Waals surface area contributed by atoms with Crippen LogP contribution in [0.4, 0.5) is 11.4 Å². The first-order valence-electron chi connectivity index (χ1n) is 5.68. The van der Waals surface area contributed by atoms with Gasteiger partial charge < -0.3 is 5.73 Å². The van der Waals surface area contributed by atoms with Crippen LogP contribution in [0.3, 0.4) is 0 Å². The molecule has 0 aromatic heterocycles. The second-order valence-electron chi connectivity index (χ2n) is 4.05. The molecule has 0 unspecified atom stereocenters. The fourth-order valence-electron chi connectivity index (χ4n) is 1.69. The normalized spacial score (nSPS) is 10.0. The van der Waals surface area contributed by atoms with Crippen LogP contribution in [0.2, 0.25) is 0 Å². The molecule has 0 radical (unpaired) electrons. The minimum absolute atomic E-state index is 0.0558. The Morgan fingerprint density at radius 2 is 1.55 bits per heavy atom. The second kappa shape index (κ2) is 5.31. The molecule has 6 heteroatoms. The lowest BCUT2D eigenvalue weighted by Crippen LogP contribution is -2.14. The van der Waals surface area contributed by atoms with Gasteiger partial charge in [0.15, 0.2) is 0 Å². The Labute approximate surface area is 114 Å². The number of rotatable bonds is 4. The highest BCUT2D eigenvalue weighted by Crippen LogP contribution is 2.23. The van der Waals surface area contributed by atoms with Gasteiger partial charge in [-0.3, -0.25) is 19.7 Å². The Kier molecular flexibility index (Phi) is 3.56. The lowest BCUT2D eigenvalue weighted by molar-refractivity contribution is -0.383. The van der Waals surface area contributed by atoms with Crippen molar-refractivity contribution in [2.75, 3.05) is 5.73 Å². The molecule has 2 N–H and O–H groups in total. The molecular formula is C14H10N2O4. The number of Topliss-reactive ketones (excluding diaryl/α,β-unsaturated/α-hetero) is 2. The van der Waals surface area contributed by atoms with E-state index in [0.29, 0.717) is 0 Å². The summed E-state index contributed by atoms with van der Waals surface area (Å²) in [4.78, 5) is 34.0. The molecule has 0 amide bonds. The first kappa shape index (κ1) is 13.4. The van der Waals surface area contributed by atoms with Gasteiger partial charge in [-0.15, -0.1) is 0 Å². The molecule has 0 aliphatic heterocycles. The fraction of sp³-hybridized carbons (Fsp3) is 0. The van der Waals surface area contributed by atoms with Crippen molar-refractivity contribution in [3.8, 4) is 0 Å². The molecule has 0 aliphatic rings. The predicted octanol–water partition coefficient (Wildman–Crippen LogP) is 2.24. The largest absolute Gasteiger partial charge is 0.393 e. The molecule has 2 aromatic rings. The minimum atomic E-state index is -0.806. The van der Waals surface area contributed by atoms with E-state index < -0.39 is 22.2 Å². The van der Waals surface area contributed by atoms with E-state index in [1.165, 1.54) is 24.3 Å². The van der Waals surface area contributed by atoms with Crippen molar-refractivity contribution in [3.63, 3.8) is 0 Å². The summed E-state index contributed by atoms with van der Waals surface area (Å²) < 4.78 is 0. The average Bonchev–Trinajstić information content (AvgIpc) is 2.47. The maximum atomic E-state index is 12.0. The first-order valence-corrected chi connectivity index (χ1v) is 5.68. The van der Waals surface area contributed by atoms with E-state index in [4.69, 9.17) is 5.73 Å². The zero-order chi connectivity index (χ0) is 14.7. The summed E-state index contributed by atoms with van der Waals surface area (Å²) in [6.07, 6.45) is 0. The highest BCUT2D eigenvalue weighted by atomic mass is 16.6. The molecule has 2 aromatic carbocycles. The number of nitro benzene ring substituents is 1. The maximum absolute atomic E-state index is 12.0. The van der Waals surface area contributed by atoms with Crippen molar-refractivity contribution in [3.05, 3.63) is 69.8 Å². The van der Waals surface area contributed by atoms with Gasteiger partial charge in [0, 0.05) is 17.2 Å². The van der Waals surface area contributed by atoms with Crippen LogP contribution < -0.4 is 5.73 Å². The maximum Gasteiger partial charge on any atom is 0.292 e. The van der Waals surface area contributed by atoms with Gasteiger partial charge in [-0.05, 0) is 12.1 Å². The Morgan fingerprint density at radius 3 is 2.15 bits per heavy atom. The van der Waals surface area contributed by atoms with E-state index in [2.05, 4.69) is 0 Å². The van der Waals surface area contributed by atoms with Gasteiger partial charge in [0.25, 0.3) is 5.69 Å². The molecule has 0 aliphatic carbocycles.